The third-order valence-corrected chi connectivity index (χ3v) is 6.22. The molecule has 3 N–H and O–H groups in total. The number of nitrogens with two attached hydrogens (primary N) is 1. The van der Waals surface area contributed by atoms with E-state index < -0.39 is 0 Å². The number of nitrogens with one attached hydrogen (secondary N) is 1. The van der Waals surface area contributed by atoms with E-state index in [9.17, 15) is 9.59 Å². The molecule has 0 radical (unpaired) electrons. The van der Waals surface area contributed by atoms with Crippen molar-refractivity contribution in [2.75, 3.05) is 13.1 Å². The lowest BCUT2D eigenvalue weighted by molar-refractivity contribution is 0.0681. The molecule has 2 fully saturated rings. The zero-order chi connectivity index (χ0) is 18.3. The first-order valence-electron chi connectivity index (χ1n) is 9.83. The molecule has 0 spiro atoms. The summed E-state index contributed by atoms with van der Waals surface area (Å²) in [7, 11) is 0. The monoisotopic (exact) mass is 392 g/mol. The molecule has 2 aromatic rings. The number of piperidine rings is 1. The topological polar surface area (TPSA) is 84.1 Å². The highest BCUT2D eigenvalue weighted by Crippen LogP contribution is 2.31. The third kappa shape index (κ3) is 3.78. The molecule has 7 heteroatoms. The van der Waals surface area contributed by atoms with Gasteiger partial charge in [-0.15, -0.1) is 12.4 Å². The van der Waals surface area contributed by atoms with E-state index in [0.717, 1.165) is 49.8 Å². The maximum Gasteiger partial charge on any atom is 0.326 e. The SMILES string of the molecule is CC(N)C1CCN(C(=O)c2ccc3c(c2)[nH]c(=O)n3C2CCCC2)CC1.Cl. The molecule has 1 aliphatic carbocycles. The molecule has 1 amide bonds. The van der Waals surface area contributed by atoms with Crippen LogP contribution in [0.15, 0.2) is 23.0 Å². The van der Waals surface area contributed by atoms with E-state index in [4.69, 9.17) is 5.73 Å². The Kier molecular flexibility index (Phi) is 5.96. The Labute approximate surface area is 165 Å². The smallest absolute Gasteiger partial charge is 0.326 e. The first-order valence-corrected chi connectivity index (χ1v) is 9.83. The second-order valence-corrected chi connectivity index (χ2v) is 7.96. The van der Waals surface area contributed by atoms with E-state index in [1.165, 1.54) is 12.8 Å². The molecule has 2 aliphatic rings. The van der Waals surface area contributed by atoms with E-state index in [2.05, 4.69) is 4.98 Å². The summed E-state index contributed by atoms with van der Waals surface area (Å²) in [6.45, 7) is 3.55. The molecule has 6 nitrogen and oxygen atoms in total. The van der Waals surface area contributed by atoms with Gasteiger partial charge in [-0.05, 0) is 56.7 Å². The van der Waals surface area contributed by atoms with Crippen molar-refractivity contribution < 1.29 is 4.79 Å². The van der Waals surface area contributed by atoms with Crippen LogP contribution in [-0.2, 0) is 0 Å². The minimum Gasteiger partial charge on any atom is -0.339 e. The Morgan fingerprint density at radius 1 is 1.19 bits per heavy atom. The number of hydrogen-bond acceptors (Lipinski definition) is 3. The van der Waals surface area contributed by atoms with Crippen molar-refractivity contribution in [3.05, 3.63) is 34.2 Å². The van der Waals surface area contributed by atoms with Gasteiger partial charge in [-0.25, -0.2) is 4.79 Å². The van der Waals surface area contributed by atoms with Crippen molar-refractivity contribution in [3.63, 3.8) is 0 Å². The first kappa shape index (κ1) is 20.0. The maximum atomic E-state index is 12.9. The Hall–Kier alpha value is -1.79. The number of carbonyl (C=O) groups excluding carboxylic acids is 1. The largest absolute Gasteiger partial charge is 0.339 e. The van der Waals surface area contributed by atoms with Crippen molar-refractivity contribution in [1.82, 2.24) is 14.5 Å². The zero-order valence-electron chi connectivity index (χ0n) is 15.8. The fraction of sp³-hybridized carbons (Fsp3) is 0.600. The molecule has 1 aromatic heterocycles. The Bertz CT molecular complexity index is 858. The van der Waals surface area contributed by atoms with Crippen molar-refractivity contribution in [1.29, 1.82) is 0 Å². The molecule has 148 valence electrons. The van der Waals surface area contributed by atoms with Gasteiger partial charge in [0.2, 0.25) is 0 Å². The Morgan fingerprint density at radius 2 is 1.85 bits per heavy atom. The average Bonchev–Trinajstić information content (AvgIpc) is 3.27. The van der Waals surface area contributed by atoms with Gasteiger partial charge >= 0.3 is 5.69 Å². The lowest BCUT2D eigenvalue weighted by atomic mass is 9.90. The van der Waals surface area contributed by atoms with Gasteiger partial charge in [-0.1, -0.05) is 12.8 Å². The van der Waals surface area contributed by atoms with Crippen LogP contribution in [0.5, 0.6) is 0 Å². The van der Waals surface area contributed by atoms with E-state index in [1.54, 1.807) is 0 Å². The second-order valence-electron chi connectivity index (χ2n) is 7.96. The molecule has 1 aliphatic heterocycles. The molecule has 4 rings (SSSR count). The number of hydrogen-bond donors (Lipinski definition) is 2. The van der Waals surface area contributed by atoms with Gasteiger partial charge in [0.1, 0.15) is 0 Å². The van der Waals surface area contributed by atoms with Gasteiger partial charge in [-0.3, -0.25) is 9.36 Å². The number of nitrogens with zero attached hydrogens (tertiary/aromatic N) is 2. The first-order chi connectivity index (χ1) is 12.5. The van der Waals surface area contributed by atoms with Gasteiger partial charge in [0.05, 0.1) is 11.0 Å². The molecular weight excluding hydrogens is 364 g/mol. The highest BCUT2D eigenvalue weighted by molar-refractivity contribution is 5.97. The van der Waals surface area contributed by atoms with Crippen molar-refractivity contribution in [3.8, 4) is 0 Å². The number of halogens is 1. The Balaban J connectivity index is 0.00000210. The molecule has 1 saturated carbocycles. The van der Waals surface area contributed by atoms with Crippen molar-refractivity contribution in [2.24, 2.45) is 11.7 Å². The van der Waals surface area contributed by atoms with Crippen LogP contribution >= 0.6 is 12.4 Å². The maximum absolute atomic E-state index is 12.9. The van der Waals surface area contributed by atoms with Crippen LogP contribution in [0, 0.1) is 5.92 Å². The summed E-state index contributed by atoms with van der Waals surface area (Å²) < 4.78 is 1.88. The van der Waals surface area contributed by atoms with E-state index in [0.29, 0.717) is 11.5 Å². The number of benzene rings is 1. The predicted octanol–water partition coefficient (Wildman–Crippen LogP) is 3.07. The number of likely N-dealkylation sites (tertiary alicyclic amines) is 1. The molecule has 1 saturated heterocycles. The lowest BCUT2D eigenvalue weighted by Gasteiger charge is -2.33. The van der Waals surface area contributed by atoms with Gasteiger partial charge in [0, 0.05) is 30.7 Å². The number of amides is 1. The summed E-state index contributed by atoms with van der Waals surface area (Å²) in [5.41, 5.74) is 8.25. The van der Waals surface area contributed by atoms with Crippen LogP contribution in [0.2, 0.25) is 0 Å². The summed E-state index contributed by atoms with van der Waals surface area (Å²) in [4.78, 5) is 30.1. The van der Waals surface area contributed by atoms with Crippen LogP contribution in [0.25, 0.3) is 11.0 Å². The number of carbonyl (C=O) groups is 1. The Morgan fingerprint density at radius 3 is 2.48 bits per heavy atom. The number of H-pyrrole nitrogens is 1. The lowest BCUT2D eigenvalue weighted by Crippen LogP contribution is -2.42. The van der Waals surface area contributed by atoms with E-state index in [-0.39, 0.29) is 36.1 Å². The van der Waals surface area contributed by atoms with Crippen molar-refractivity contribution in [2.45, 2.75) is 57.5 Å². The number of fused-ring (bicyclic) bond motifs is 1. The van der Waals surface area contributed by atoms with E-state index >= 15 is 0 Å². The molecular formula is C20H29ClN4O2. The molecule has 1 aromatic carbocycles. The van der Waals surface area contributed by atoms with Crippen LogP contribution < -0.4 is 11.4 Å². The summed E-state index contributed by atoms with van der Waals surface area (Å²) in [6.07, 6.45) is 6.39. The molecule has 27 heavy (non-hydrogen) atoms. The number of aromatic amines is 1. The number of rotatable bonds is 3. The standard InChI is InChI=1S/C20H28N4O2.ClH/c1-13(21)14-8-10-23(11-9-14)19(25)15-6-7-18-17(12-15)22-20(26)24(18)16-4-2-3-5-16;/h6-7,12-14,16H,2-5,8-11,21H2,1H3,(H,22,26);1H. The average molecular weight is 393 g/mol. The van der Waals surface area contributed by atoms with Gasteiger partial charge in [-0.2, -0.15) is 0 Å². The summed E-state index contributed by atoms with van der Waals surface area (Å²) >= 11 is 0. The summed E-state index contributed by atoms with van der Waals surface area (Å²) in [5, 5.41) is 0. The van der Waals surface area contributed by atoms with Gasteiger partial charge in [0.25, 0.3) is 5.91 Å². The fourth-order valence-corrected chi connectivity index (χ4v) is 4.60. The van der Waals surface area contributed by atoms with Crippen molar-refractivity contribution >= 4 is 29.3 Å². The molecule has 1 atom stereocenters. The van der Waals surface area contributed by atoms with Gasteiger partial charge < -0.3 is 15.6 Å². The minimum atomic E-state index is -0.0609. The second kappa shape index (κ2) is 8.07. The molecule has 1 unspecified atom stereocenters. The number of aromatic nitrogens is 2. The summed E-state index contributed by atoms with van der Waals surface area (Å²) in [6, 6.07) is 6.09. The van der Waals surface area contributed by atoms with Crippen LogP contribution in [-0.4, -0.2) is 39.5 Å². The highest BCUT2D eigenvalue weighted by Gasteiger charge is 2.26. The van der Waals surface area contributed by atoms with E-state index in [1.807, 2.05) is 34.6 Å². The normalized spacial score (nSPS) is 20.0. The number of imidazole rings is 1. The zero-order valence-corrected chi connectivity index (χ0v) is 16.6. The molecule has 0 bridgehead atoms. The minimum absolute atomic E-state index is 0. The van der Waals surface area contributed by atoms with Crippen LogP contribution in [0.3, 0.4) is 0 Å². The fourth-order valence-electron chi connectivity index (χ4n) is 4.60. The summed E-state index contributed by atoms with van der Waals surface area (Å²) in [5.74, 6) is 0.544. The molecule has 2 heterocycles. The van der Waals surface area contributed by atoms with Crippen LogP contribution in [0.1, 0.15) is 61.8 Å². The van der Waals surface area contributed by atoms with Gasteiger partial charge in [0.15, 0.2) is 0 Å². The third-order valence-electron chi connectivity index (χ3n) is 6.22. The predicted molar refractivity (Wildman–Crippen MR) is 110 cm³/mol. The quantitative estimate of drug-likeness (QED) is 0.841. The van der Waals surface area contributed by atoms with Crippen LogP contribution in [0.4, 0.5) is 0 Å². The highest BCUT2D eigenvalue weighted by atomic mass is 35.5.